The Kier molecular flexibility index (Phi) is 5.96. The van der Waals surface area contributed by atoms with Crippen molar-refractivity contribution < 1.29 is 14.2 Å². The predicted octanol–water partition coefficient (Wildman–Crippen LogP) is 5.62. The molecular formula is C21H19BrO3. The summed E-state index contributed by atoms with van der Waals surface area (Å²) in [6.45, 7) is 0.973. The van der Waals surface area contributed by atoms with Crippen molar-refractivity contribution in [1.29, 1.82) is 0 Å². The largest absolute Gasteiger partial charge is 0.493 e. The first-order chi connectivity index (χ1) is 12.3. The van der Waals surface area contributed by atoms with Crippen LogP contribution in [0.2, 0.25) is 0 Å². The fourth-order valence-corrected chi connectivity index (χ4v) is 2.93. The third-order valence-electron chi connectivity index (χ3n) is 3.68. The topological polar surface area (TPSA) is 27.7 Å². The van der Waals surface area contributed by atoms with Gasteiger partial charge in [-0.2, -0.15) is 0 Å². The van der Waals surface area contributed by atoms with Crippen LogP contribution in [0.5, 0.6) is 17.2 Å². The minimum atomic E-state index is 0.472. The molecule has 0 aliphatic heterocycles. The molecule has 0 fully saturated rings. The Balaban J connectivity index is 1.71. The van der Waals surface area contributed by atoms with Gasteiger partial charge in [0.15, 0.2) is 11.5 Å². The molecule has 0 aromatic heterocycles. The summed E-state index contributed by atoms with van der Waals surface area (Å²) in [4.78, 5) is 0. The van der Waals surface area contributed by atoms with Crippen molar-refractivity contribution in [2.24, 2.45) is 0 Å². The van der Waals surface area contributed by atoms with Gasteiger partial charge in [0.2, 0.25) is 0 Å². The molecule has 0 saturated carbocycles. The minimum absolute atomic E-state index is 0.472. The molecule has 0 bridgehead atoms. The number of hydrogen-bond donors (Lipinski definition) is 0. The highest BCUT2D eigenvalue weighted by atomic mass is 79.9. The summed E-state index contributed by atoms with van der Waals surface area (Å²) in [7, 11) is 1.62. The zero-order valence-corrected chi connectivity index (χ0v) is 15.5. The van der Waals surface area contributed by atoms with Gasteiger partial charge in [-0.15, -0.1) is 0 Å². The molecule has 0 radical (unpaired) electrons. The predicted molar refractivity (Wildman–Crippen MR) is 102 cm³/mol. The Morgan fingerprint density at radius 1 is 0.760 bits per heavy atom. The van der Waals surface area contributed by atoms with Gasteiger partial charge >= 0.3 is 0 Å². The van der Waals surface area contributed by atoms with Crippen LogP contribution in [0.15, 0.2) is 77.3 Å². The van der Waals surface area contributed by atoms with Crippen LogP contribution < -0.4 is 14.2 Å². The second-order valence-corrected chi connectivity index (χ2v) is 6.34. The van der Waals surface area contributed by atoms with Crippen LogP contribution in [-0.2, 0) is 13.2 Å². The second kappa shape index (κ2) is 8.58. The van der Waals surface area contributed by atoms with Crippen LogP contribution >= 0.6 is 15.9 Å². The van der Waals surface area contributed by atoms with Crippen LogP contribution in [-0.4, -0.2) is 7.11 Å². The SMILES string of the molecule is COc1cc(OCc2ccccc2)cc(Br)c1OCc1ccccc1. The lowest BCUT2D eigenvalue weighted by molar-refractivity contribution is 0.276. The summed E-state index contributed by atoms with van der Waals surface area (Å²) in [6, 6.07) is 23.8. The molecule has 0 unspecified atom stereocenters. The van der Waals surface area contributed by atoms with Gasteiger partial charge in [0.25, 0.3) is 0 Å². The standard InChI is InChI=1S/C21H19BrO3/c1-23-20-13-18(24-14-16-8-4-2-5-9-16)12-19(22)21(20)25-15-17-10-6-3-7-11-17/h2-13H,14-15H2,1H3. The maximum Gasteiger partial charge on any atom is 0.176 e. The molecule has 0 heterocycles. The monoisotopic (exact) mass is 398 g/mol. The number of benzene rings is 3. The van der Waals surface area contributed by atoms with E-state index in [4.69, 9.17) is 14.2 Å². The molecule has 0 amide bonds. The summed E-state index contributed by atoms with van der Waals surface area (Å²) in [5, 5.41) is 0. The summed E-state index contributed by atoms with van der Waals surface area (Å²) in [6.07, 6.45) is 0. The Hall–Kier alpha value is -2.46. The van der Waals surface area contributed by atoms with Crippen LogP contribution in [0, 0.1) is 0 Å². The van der Waals surface area contributed by atoms with Crippen LogP contribution in [0.4, 0.5) is 0 Å². The fraction of sp³-hybridized carbons (Fsp3) is 0.143. The third kappa shape index (κ3) is 4.77. The minimum Gasteiger partial charge on any atom is -0.493 e. The van der Waals surface area contributed by atoms with Gasteiger partial charge in [0, 0.05) is 6.07 Å². The summed E-state index contributed by atoms with van der Waals surface area (Å²) < 4.78 is 18.1. The third-order valence-corrected chi connectivity index (χ3v) is 4.27. The first-order valence-corrected chi connectivity index (χ1v) is 8.76. The quantitative estimate of drug-likeness (QED) is 0.517. The van der Waals surface area contributed by atoms with E-state index in [1.807, 2.05) is 72.8 Å². The molecular weight excluding hydrogens is 380 g/mol. The van der Waals surface area contributed by atoms with Gasteiger partial charge in [-0.3, -0.25) is 0 Å². The van der Waals surface area contributed by atoms with E-state index in [1.165, 1.54) is 0 Å². The maximum absolute atomic E-state index is 5.94. The van der Waals surface area contributed by atoms with E-state index in [0.29, 0.717) is 24.7 Å². The van der Waals surface area contributed by atoms with Gasteiger partial charge in [-0.05, 0) is 33.1 Å². The lowest BCUT2D eigenvalue weighted by Crippen LogP contribution is -2.00. The van der Waals surface area contributed by atoms with Crippen LogP contribution in [0.25, 0.3) is 0 Å². The van der Waals surface area contributed by atoms with Crippen molar-refractivity contribution in [3.8, 4) is 17.2 Å². The molecule has 3 aromatic carbocycles. The van der Waals surface area contributed by atoms with E-state index >= 15 is 0 Å². The van der Waals surface area contributed by atoms with Crippen molar-refractivity contribution in [1.82, 2.24) is 0 Å². The number of rotatable bonds is 7. The molecule has 3 rings (SSSR count). The van der Waals surface area contributed by atoms with Crippen molar-refractivity contribution >= 4 is 15.9 Å². The van der Waals surface area contributed by atoms with Crippen molar-refractivity contribution in [2.75, 3.05) is 7.11 Å². The Labute approximate surface area is 156 Å². The normalized spacial score (nSPS) is 10.3. The van der Waals surface area contributed by atoms with E-state index in [1.54, 1.807) is 7.11 Å². The summed E-state index contributed by atoms with van der Waals surface area (Å²) >= 11 is 3.55. The van der Waals surface area contributed by atoms with Crippen molar-refractivity contribution in [3.05, 3.63) is 88.4 Å². The maximum atomic E-state index is 5.94. The summed E-state index contributed by atoms with van der Waals surface area (Å²) in [5.41, 5.74) is 2.21. The van der Waals surface area contributed by atoms with Gasteiger partial charge in [-0.25, -0.2) is 0 Å². The highest BCUT2D eigenvalue weighted by Crippen LogP contribution is 2.39. The van der Waals surface area contributed by atoms with E-state index in [-0.39, 0.29) is 0 Å². The smallest absolute Gasteiger partial charge is 0.176 e. The number of hydrogen-bond acceptors (Lipinski definition) is 3. The Morgan fingerprint density at radius 3 is 1.88 bits per heavy atom. The highest BCUT2D eigenvalue weighted by molar-refractivity contribution is 9.10. The fourth-order valence-electron chi connectivity index (χ4n) is 2.39. The molecule has 0 atom stereocenters. The van der Waals surface area contributed by atoms with Gasteiger partial charge < -0.3 is 14.2 Å². The number of ether oxygens (including phenoxy) is 3. The summed E-state index contributed by atoms with van der Waals surface area (Å²) in [5.74, 6) is 2.02. The van der Waals surface area contributed by atoms with Gasteiger partial charge in [0.1, 0.15) is 19.0 Å². The van der Waals surface area contributed by atoms with E-state index in [9.17, 15) is 0 Å². The molecule has 3 aromatic rings. The van der Waals surface area contributed by atoms with E-state index in [0.717, 1.165) is 21.3 Å². The van der Waals surface area contributed by atoms with E-state index in [2.05, 4.69) is 15.9 Å². The van der Waals surface area contributed by atoms with E-state index < -0.39 is 0 Å². The second-order valence-electron chi connectivity index (χ2n) is 5.49. The van der Waals surface area contributed by atoms with Crippen molar-refractivity contribution in [2.45, 2.75) is 13.2 Å². The Morgan fingerprint density at radius 2 is 1.32 bits per heavy atom. The molecule has 0 aliphatic carbocycles. The zero-order chi connectivity index (χ0) is 17.5. The molecule has 0 N–H and O–H groups in total. The molecule has 0 aliphatic rings. The van der Waals surface area contributed by atoms with Crippen LogP contribution in [0.3, 0.4) is 0 Å². The average molecular weight is 399 g/mol. The lowest BCUT2D eigenvalue weighted by atomic mass is 10.2. The first kappa shape index (κ1) is 17.4. The lowest BCUT2D eigenvalue weighted by Gasteiger charge is -2.15. The first-order valence-electron chi connectivity index (χ1n) is 7.97. The Bertz CT molecular complexity index is 804. The molecule has 3 nitrogen and oxygen atoms in total. The number of halogens is 1. The number of methoxy groups -OCH3 is 1. The zero-order valence-electron chi connectivity index (χ0n) is 13.9. The van der Waals surface area contributed by atoms with Crippen molar-refractivity contribution in [3.63, 3.8) is 0 Å². The van der Waals surface area contributed by atoms with Crippen LogP contribution in [0.1, 0.15) is 11.1 Å². The average Bonchev–Trinajstić information content (AvgIpc) is 2.66. The molecule has 0 spiro atoms. The molecule has 128 valence electrons. The molecule has 25 heavy (non-hydrogen) atoms. The van der Waals surface area contributed by atoms with Gasteiger partial charge in [0.05, 0.1) is 11.6 Å². The molecule has 4 heteroatoms. The van der Waals surface area contributed by atoms with Gasteiger partial charge in [-0.1, -0.05) is 60.7 Å². The molecule has 0 saturated heterocycles. The highest BCUT2D eigenvalue weighted by Gasteiger charge is 2.13.